The largest absolute Gasteiger partial charge is 0.496 e. The first kappa shape index (κ1) is 15.4. The molecule has 1 amide bonds. The smallest absolute Gasteiger partial charge is 0.253 e. The number of carbonyl (C=O) groups is 1. The van der Waals surface area contributed by atoms with E-state index in [1.54, 1.807) is 37.3 Å². The van der Waals surface area contributed by atoms with Crippen molar-refractivity contribution in [2.24, 2.45) is 0 Å². The topological polar surface area (TPSA) is 55.6 Å². The Bertz CT molecular complexity index is 641. The van der Waals surface area contributed by atoms with Crippen molar-refractivity contribution in [1.29, 1.82) is 0 Å². The number of rotatable bonds is 4. The fourth-order valence-electron chi connectivity index (χ4n) is 1.99. The van der Waals surface area contributed by atoms with Gasteiger partial charge in [0, 0.05) is 24.8 Å². The third kappa shape index (κ3) is 3.76. The Morgan fingerprint density at radius 2 is 1.90 bits per heavy atom. The number of halogens is 1. The maximum absolute atomic E-state index is 12.4. The Labute approximate surface area is 132 Å². The lowest BCUT2D eigenvalue weighted by Crippen LogP contribution is -2.26. The zero-order valence-corrected chi connectivity index (χ0v) is 13.6. The van der Waals surface area contributed by atoms with Gasteiger partial charge in [0.15, 0.2) is 0 Å². The van der Waals surface area contributed by atoms with E-state index in [-0.39, 0.29) is 5.91 Å². The molecule has 0 unspecified atom stereocenters. The highest BCUT2D eigenvalue weighted by Crippen LogP contribution is 2.26. The van der Waals surface area contributed by atoms with Crippen LogP contribution in [0.2, 0.25) is 0 Å². The number of nitrogens with zero attached hydrogens (tertiary/aromatic N) is 1. The average Bonchev–Trinajstić information content (AvgIpc) is 2.48. The second kappa shape index (κ2) is 6.63. The number of nitrogens with two attached hydrogens (primary N) is 1. The number of methoxy groups -OCH3 is 1. The predicted molar refractivity (Wildman–Crippen MR) is 87.3 cm³/mol. The van der Waals surface area contributed by atoms with E-state index in [1.807, 2.05) is 24.3 Å². The number of benzene rings is 2. The highest BCUT2D eigenvalue weighted by Gasteiger charge is 2.13. The molecule has 0 fully saturated rings. The molecule has 0 radical (unpaired) electrons. The first-order valence-electron chi connectivity index (χ1n) is 6.44. The van der Waals surface area contributed by atoms with E-state index in [0.717, 1.165) is 10.0 Å². The molecule has 0 aliphatic carbocycles. The Hall–Kier alpha value is -2.01. The van der Waals surface area contributed by atoms with Gasteiger partial charge in [0.05, 0.1) is 11.6 Å². The van der Waals surface area contributed by atoms with Gasteiger partial charge in [0.2, 0.25) is 0 Å². The second-order valence-corrected chi connectivity index (χ2v) is 5.61. The Morgan fingerprint density at radius 1 is 1.24 bits per heavy atom. The summed E-state index contributed by atoms with van der Waals surface area (Å²) in [4.78, 5) is 14.1. The lowest BCUT2D eigenvalue weighted by Gasteiger charge is -2.18. The van der Waals surface area contributed by atoms with E-state index < -0.39 is 0 Å². The molecule has 0 saturated heterocycles. The summed E-state index contributed by atoms with van der Waals surface area (Å²) in [5.41, 5.74) is 8.02. The molecule has 0 spiro atoms. The summed E-state index contributed by atoms with van der Waals surface area (Å²) in [5.74, 6) is 0.655. The number of ether oxygens (including phenoxy) is 1. The van der Waals surface area contributed by atoms with Crippen LogP contribution >= 0.6 is 15.9 Å². The molecule has 2 rings (SSSR count). The van der Waals surface area contributed by atoms with Gasteiger partial charge in [0.25, 0.3) is 5.91 Å². The average molecular weight is 349 g/mol. The van der Waals surface area contributed by atoms with Gasteiger partial charge in [-0.3, -0.25) is 4.79 Å². The molecule has 0 aromatic heterocycles. The minimum absolute atomic E-state index is 0.0461. The van der Waals surface area contributed by atoms with Crippen LogP contribution in [0.1, 0.15) is 15.9 Å². The second-order valence-electron chi connectivity index (χ2n) is 4.75. The van der Waals surface area contributed by atoms with Gasteiger partial charge >= 0.3 is 0 Å². The predicted octanol–water partition coefficient (Wildman–Crippen LogP) is 3.31. The van der Waals surface area contributed by atoms with Crippen LogP contribution in [0, 0.1) is 0 Å². The van der Waals surface area contributed by atoms with Crippen molar-refractivity contribution in [1.82, 2.24) is 4.90 Å². The highest BCUT2D eigenvalue weighted by atomic mass is 79.9. The molecular weight excluding hydrogens is 332 g/mol. The van der Waals surface area contributed by atoms with E-state index in [9.17, 15) is 4.79 Å². The third-order valence-electron chi connectivity index (χ3n) is 3.14. The van der Waals surface area contributed by atoms with Crippen LogP contribution in [-0.4, -0.2) is 25.0 Å². The van der Waals surface area contributed by atoms with Gasteiger partial charge in [-0.1, -0.05) is 12.1 Å². The lowest BCUT2D eigenvalue weighted by molar-refractivity contribution is 0.0785. The normalized spacial score (nSPS) is 10.2. The van der Waals surface area contributed by atoms with E-state index in [1.165, 1.54) is 0 Å². The molecular formula is C16H17BrN2O2. The monoisotopic (exact) mass is 348 g/mol. The Balaban J connectivity index is 2.11. The number of nitrogen functional groups attached to an aromatic ring is 1. The summed E-state index contributed by atoms with van der Waals surface area (Å²) in [6.07, 6.45) is 0. The van der Waals surface area contributed by atoms with Gasteiger partial charge in [-0.2, -0.15) is 0 Å². The van der Waals surface area contributed by atoms with Crippen molar-refractivity contribution >= 4 is 27.5 Å². The van der Waals surface area contributed by atoms with Crippen LogP contribution in [0.5, 0.6) is 5.75 Å². The quantitative estimate of drug-likeness (QED) is 0.862. The molecule has 0 heterocycles. The summed E-state index contributed by atoms with van der Waals surface area (Å²) in [5, 5.41) is 0. The lowest BCUT2D eigenvalue weighted by atomic mass is 10.1. The van der Waals surface area contributed by atoms with Crippen LogP contribution in [0.3, 0.4) is 0 Å². The van der Waals surface area contributed by atoms with Gasteiger partial charge < -0.3 is 15.4 Å². The summed E-state index contributed by atoms with van der Waals surface area (Å²) in [6.45, 7) is 0.531. The van der Waals surface area contributed by atoms with Crippen molar-refractivity contribution < 1.29 is 9.53 Å². The molecule has 2 N–H and O–H groups in total. The summed E-state index contributed by atoms with van der Waals surface area (Å²) < 4.78 is 5.92. The molecule has 0 bridgehead atoms. The fourth-order valence-corrected chi connectivity index (χ4v) is 2.53. The molecule has 2 aromatic carbocycles. The van der Waals surface area contributed by atoms with Crippen molar-refractivity contribution in [2.75, 3.05) is 19.9 Å². The van der Waals surface area contributed by atoms with Gasteiger partial charge in [0.1, 0.15) is 5.75 Å². The van der Waals surface area contributed by atoms with Gasteiger partial charge in [-0.05, 0) is 51.8 Å². The molecule has 21 heavy (non-hydrogen) atoms. The Morgan fingerprint density at radius 3 is 2.48 bits per heavy atom. The number of hydrogen-bond donors (Lipinski definition) is 1. The first-order chi connectivity index (χ1) is 10.0. The Kier molecular flexibility index (Phi) is 4.85. The molecule has 0 aliphatic rings. The molecule has 110 valence electrons. The van der Waals surface area contributed by atoms with Gasteiger partial charge in [-0.25, -0.2) is 0 Å². The molecule has 2 aromatic rings. The number of anilines is 1. The first-order valence-corrected chi connectivity index (χ1v) is 7.24. The number of amides is 1. The van der Waals surface area contributed by atoms with Crippen molar-refractivity contribution in [3.8, 4) is 5.75 Å². The summed E-state index contributed by atoms with van der Waals surface area (Å²) in [6, 6.07) is 12.8. The van der Waals surface area contributed by atoms with Crippen LogP contribution in [-0.2, 0) is 6.54 Å². The minimum Gasteiger partial charge on any atom is -0.496 e. The zero-order valence-electron chi connectivity index (χ0n) is 12.0. The van der Waals surface area contributed by atoms with Crippen molar-refractivity contribution in [3.63, 3.8) is 0 Å². The van der Waals surface area contributed by atoms with Crippen molar-refractivity contribution in [3.05, 3.63) is 58.1 Å². The molecule has 0 aliphatic heterocycles. The fraction of sp³-hybridized carbons (Fsp3) is 0.188. The summed E-state index contributed by atoms with van der Waals surface area (Å²) in [7, 11) is 3.37. The van der Waals surface area contributed by atoms with Crippen LogP contribution in [0.15, 0.2) is 46.9 Å². The van der Waals surface area contributed by atoms with E-state index in [0.29, 0.717) is 23.5 Å². The highest BCUT2D eigenvalue weighted by molar-refractivity contribution is 9.10. The maximum Gasteiger partial charge on any atom is 0.253 e. The van der Waals surface area contributed by atoms with E-state index in [4.69, 9.17) is 10.5 Å². The zero-order chi connectivity index (χ0) is 15.4. The maximum atomic E-state index is 12.4. The summed E-state index contributed by atoms with van der Waals surface area (Å²) >= 11 is 3.39. The van der Waals surface area contributed by atoms with E-state index >= 15 is 0 Å². The van der Waals surface area contributed by atoms with Crippen molar-refractivity contribution in [2.45, 2.75) is 6.54 Å². The molecule has 5 heteroatoms. The third-order valence-corrected chi connectivity index (χ3v) is 3.76. The number of carbonyl (C=O) groups excluding carboxylic acids is 1. The van der Waals surface area contributed by atoms with Crippen LogP contribution in [0.25, 0.3) is 0 Å². The van der Waals surface area contributed by atoms with E-state index in [2.05, 4.69) is 15.9 Å². The van der Waals surface area contributed by atoms with Crippen LogP contribution < -0.4 is 10.5 Å². The SMILES string of the molecule is COc1ccc(C(=O)N(C)Cc2ccc(N)cc2)cc1Br. The molecule has 4 nitrogen and oxygen atoms in total. The minimum atomic E-state index is -0.0461. The number of hydrogen-bond acceptors (Lipinski definition) is 3. The molecule has 0 atom stereocenters. The molecule has 0 saturated carbocycles. The van der Waals surface area contributed by atoms with Crippen LogP contribution in [0.4, 0.5) is 5.69 Å². The standard InChI is InChI=1S/C16H17BrN2O2/c1-19(10-11-3-6-13(18)7-4-11)16(20)12-5-8-15(21-2)14(17)9-12/h3-9H,10,18H2,1-2H3. The van der Waals surface area contributed by atoms with Gasteiger partial charge in [-0.15, -0.1) is 0 Å².